The van der Waals surface area contributed by atoms with E-state index in [4.69, 9.17) is 9.47 Å². The molecule has 0 radical (unpaired) electrons. The zero-order chi connectivity index (χ0) is 26.1. The highest BCUT2D eigenvalue weighted by Gasteiger charge is 2.23. The molecule has 0 unspecified atom stereocenters. The minimum Gasteiger partial charge on any atom is -0.463 e. The number of non-ortho nitro benzene ring substituents is 2. The third-order valence-corrected chi connectivity index (χ3v) is 4.96. The highest BCUT2D eigenvalue weighted by Crippen LogP contribution is 2.19. The van der Waals surface area contributed by atoms with Crippen molar-refractivity contribution in [3.63, 3.8) is 0 Å². The first-order chi connectivity index (χ1) is 16.6. The van der Waals surface area contributed by atoms with E-state index in [0.717, 1.165) is 12.1 Å². The van der Waals surface area contributed by atoms with Gasteiger partial charge in [-0.15, -0.1) is 0 Å². The van der Waals surface area contributed by atoms with Crippen molar-refractivity contribution < 1.29 is 33.7 Å². The Bertz CT molecular complexity index is 1160. The summed E-state index contributed by atoms with van der Waals surface area (Å²) in [7, 11) is 0. The van der Waals surface area contributed by atoms with Crippen LogP contribution in [-0.4, -0.2) is 52.4 Å². The van der Waals surface area contributed by atoms with Gasteiger partial charge in [0.25, 0.3) is 17.3 Å². The van der Waals surface area contributed by atoms with Gasteiger partial charge in [0.1, 0.15) is 6.61 Å². The Labute approximate surface area is 200 Å². The fourth-order valence-corrected chi connectivity index (χ4v) is 2.92. The molecule has 0 aliphatic carbocycles. The van der Waals surface area contributed by atoms with E-state index < -0.39 is 27.7 Å². The summed E-state index contributed by atoms with van der Waals surface area (Å²) in [5.41, 5.74) is 0.228. The summed E-state index contributed by atoms with van der Waals surface area (Å²) < 4.78 is 10.2. The number of nitrogens with zero attached hydrogens (tertiary/aromatic N) is 3. The van der Waals surface area contributed by atoms with Gasteiger partial charge in [0, 0.05) is 35.5 Å². The van der Waals surface area contributed by atoms with Crippen LogP contribution < -0.4 is 0 Å². The molecule has 2 aromatic carbocycles. The van der Waals surface area contributed by atoms with Crippen LogP contribution in [-0.2, 0) is 14.3 Å². The number of allylic oxidation sites excluding steroid dienone is 1. The molecule has 0 heterocycles. The third kappa shape index (κ3) is 6.93. The zero-order valence-corrected chi connectivity index (χ0v) is 19.3. The highest BCUT2D eigenvalue weighted by molar-refractivity contribution is 5.97. The number of amides is 1. The maximum Gasteiger partial charge on any atom is 0.338 e. The van der Waals surface area contributed by atoms with Gasteiger partial charge >= 0.3 is 11.9 Å². The minimum atomic E-state index is -0.758. The molecule has 0 N–H and O–H groups in total. The van der Waals surface area contributed by atoms with E-state index in [1.807, 2.05) is 0 Å². The highest BCUT2D eigenvalue weighted by atomic mass is 16.6. The average Bonchev–Trinajstić information content (AvgIpc) is 2.85. The molecule has 0 atom stereocenters. The number of benzene rings is 2. The van der Waals surface area contributed by atoms with Crippen LogP contribution in [0, 0.1) is 20.2 Å². The second-order valence-corrected chi connectivity index (χ2v) is 7.13. The lowest BCUT2D eigenvalue weighted by molar-refractivity contribution is -0.385. The third-order valence-electron chi connectivity index (χ3n) is 4.96. The Balaban J connectivity index is 2.23. The van der Waals surface area contributed by atoms with Gasteiger partial charge in [-0.1, -0.05) is 0 Å². The van der Waals surface area contributed by atoms with Crippen molar-refractivity contribution in [2.24, 2.45) is 0 Å². The van der Waals surface area contributed by atoms with Gasteiger partial charge in [0.15, 0.2) is 0 Å². The maximum atomic E-state index is 13.2. The van der Waals surface area contributed by atoms with Crippen LogP contribution in [0.1, 0.15) is 41.5 Å². The van der Waals surface area contributed by atoms with Gasteiger partial charge in [0.2, 0.25) is 0 Å². The first-order valence-corrected chi connectivity index (χ1v) is 10.4. The van der Waals surface area contributed by atoms with Gasteiger partial charge in [-0.3, -0.25) is 25.0 Å². The lowest BCUT2D eigenvalue weighted by Gasteiger charge is -2.25. The van der Waals surface area contributed by atoms with Crippen molar-refractivity contribution in [2.45, 2.75) is 20.8 Å². The van der Waals surface area contributed by atoms with E-state index in [9.17, 15) is 34.6 Å². The summed E-state index contributed by atoms with van der Waals surface area (Å²) in [5, 5.41) is 21.6. The lowest BCUT2D eigenvalue weighted by atomic mass is 10.1. The monoisotopic (exact) mass is 485 g/mol. The number of nitro benzene ring substituents is 2. The first-order valence-electron chi connectivity index (χ1n) is 10.4. The van der Waals surface area contributed by atoms with Crippen molar-refractivity contribution in [2.75, 3.05) is 19.8 Å². The minimum absolute atomic E-state index is 0.0822. The molecular weight excluding hydrogens is 462 g/mol. The van der Waals surface area contributed by atoms with Crippen LogP contribution in [0.5, 0.6) is 0 Å². The molecule has 0 bridgehead atoms. The molecule has 0 fully saturated rings. The van der Waals surface area contributed by atoms with E-state index in [2.05, 4.69) is 0 Å². The van der Waals surface area contributed by atoms with Crippen molar-refractivity contribution >= 4 is 29.2 Å². The van der Waals surface area contributed by atoms with E-state index in [0.29, 0.717) is 0 Å². The number of hydrogen-bond donors (Lipinski definition) is 0. The molecule has 0 spiro atoms. The molecule has 0 aliphatic rings. The van der Waals surface area contributed by atoms with Gasteiger partial charge in [-0.05, 0) is 45.0 Å². The molecule has 35 heavy (non-hydrogen) atoms. The fraction of sp³-hybridized carbons (Fsp3) is 0.261. The van der Waals surface area contributed by atoms with Crippen molar-refractivity contribution in [1.29, 1.82) is 0 Å². The molecular formula is C23H23N3O9. The van der Waals surface area contributed by atoms with Crippen molar-refractivity contribution in [1.82, 2.24) is 4.90 Å². The van der Waals surface area contributed by atoms with E-state index in [-0.39, 0.29) is 53.5 Å². The molecule has 2 aromatic rings. The summed E-state index contributed by atoms with van der Waals surface area (Å²) in [6, 6.07) is 9.74. The van der Waals surface area contributed by atoms with Crippen LogP contribution in [0.4, 0.5) is 11.4 Å². The molecule has 0 aliphatic heterocycles. The maximum absolute atomic E-state index is 13.2. The first kappa shape index (κ1) is 26.6. The molecule has 0 saturated carbocycles. The summed E-state index contributed by atoms with van der Waals surface area (Å²) in [6.07, 6.45) is 0. The Kier molecular flexibility index (Phi) is 9.15. The molecule has 0 saturated heterocycles. The molecule has 12 nitrogen and oxygen atoms in total. The topological polar surface area (TPSA) is 159 Å². The quantitative estimate of drug-likeness (QED) is 0.212. The smallest absolute Gasteiger partial charge is 0.338 e. The second-order valence-electron chi connectivity index (χ2n) is 7.13. The average molecular weight is 485 g/mol. The number of rotatable bonds is 10. The van der Waals surface area contributed by atoms with Crippen LogP contribution in [0.3, 0.4) is 0 Å². The SMILES string of the molecule is CCOC(=O)/C(C)=C(\C)N(CCOC(=O)c1ccc([N+](=O)[O-])cc1)C(=O)c1ccc([N+](=O)[O-])cc1. The van der Waals surface area contributed by atoms with E-state index in [1.54, 1.807) is 6.92 Å². The fourth-order valence-electron chi connectivity index (χ4n) is 2.92. The number of nitro groups is 2. The van der Waals surface area contributed by atoms with Crippen LogP contribution in [0.15, 0.2) is 59.8 Å². The Hall–Kier alpha value is -4.61. The van der Waals surface area contributed by atoms with Crippen molar-refractivity contribution in [3.8, 4) is 0 Å². The zero-order valence-electron chi connectivity index (χ0n) is 19.3. The van der Waals surface area contributed by atoms with Crippen LogP contribution in [0.2, 0.25) is 0 Å². The number of carbonyl (C=O) groups excluding carboxylic acids is 3. The van der Waals surface area contributed by atoms with Gasteiger partial charge in [-0.25, -0.2) is 9.59 Å². The van der Waals surface area contributed by atoms with Gasteiger partial charge in [0.05, 0.1) is 34.1 Å². The predicted octanol–water partition coefficient (Wildman–Crippen LogP) is 3.66. The Morgan fingerprint density at radius 1 is 0.829 bits per heavy atom. The Morgan fingerprint density at radius 3 is 1.77 bits per heavy atom. The van der Waals surface area contributed by atoms with E-state index >= 15 is 0 Å². The van der Waals surface area contributed by atoms with E-state index in [1.165, 1.54) is 55.1 Å². The molecule has 12 heteroatoms. The standard InChI is InChI=1S/C23H23N3O9/c1-4-34-22(28)15(2)16(3)24(21(27)17-5-9-19(10-6-17)25(30)31)13-14-35-23(29)18-7-11-20(12-8-18)26(32)33/h5-12H,4,13-14H2,1-3H3/b16-15+. The molecule has 0 aromatic heterocycles. The van der Waals surface area contributed by atoms with Gasteiger partial charge in [-0.2, -0.15) is 0 Å². The summed E-state index contributed by atoms with van der Waals surface area (Å²) in [5.74, 6) is -1.96. The summed E-state index contributed by atoms with van der Waals surface area (Å²) in [6.45, 7) is 4.36. The van der Waals surface area contributed by atoms with Crippen LogP contribution in [0.25, 0.3) is 0 Å². The van der Waals surface area contributed by atoms with Gasteiger partial charge < -0.3 is 14.4 Å². The molecule has 2 rings (SSSR count). The number of ether oxygens (including phenoxy) is 2. The van der Waals surface area contributed by atoms with Crippen molar-refractivity contribution in [3.05, 3.63) is 91.2 Å². The molecule has 184 valence electrons. The Morgan fingerprint density at radius 2 is 1.31 bits per heavy atom. The largest absolute Gasteiger partial charge is 0.463 e. The summed E-state index contributed by atoms with van der Waals surface area (Å²) >= 11 is 0. The predicted molar refractivity (Wildman–Crippen MR) is 123 cm³/mol. The number of carbonyl (C=O) groups is 3. The number of esters is 2. The number of hydrogen-bond acceptors (Lipinski definition) is 9. The normalized spacial score (nSPS) is 11.2. The second kappa shape index (κ2) is 12.0. The lowest BCUT2D eigenvalue weighted by Crippen LogP contribution is -2.34. The van der Waals surface area contributed by atoms with Crippen LogP contribution >= 0.6 is 0 Å². The molecule has 1 amide bonds. The summed E-state index contributed by atoms with van der Waals surface area (Å²) in [4.78, 5) is 59.3.